The van der Waals surface area contributed by atoms with Crippen molar-refractivity contribution in [3.8, 4) is 17.0 Å². The zero-order valence-electron chi connectivity index (χ0n) is 11.4. The van der Waals surface area contributed by atoms with Crippen molar-refractivity contribution in [3.63, 3.8) is 0 Å². The van der Waals surface area contributed by atoms with Gasteiger partial charge in [0.2, 0.25) is 0 Å². The molecule has 23 heavy (non-hydrogen) atoms. The highest BCUT2D eigenvalue weighted by molar-refractivity contribution is 6.34. The van der Waals surface area contributed by atoms with Crippen LogP contribution in [0.2, 0.25) is 10.0 Å². The van der Waals surface area contributed by atoms with E-state index >= 15 is 0 Å². The molecule has 0 aliphatic carbocycles. The average Bonchev–Trinajstić information content (AvgIpc) is 2.46. The number of carboxylic acids is 1. The lowest BCUT2D eigenvalue weighted by Crippen LogP contribution is -2.07. The fourth-order valence-electron chi connectivity index (χ4n) is 1.89. The van der Waals surface area contributed by atoms with Crippen LogP contribution in [0.1, 0.15) is 16.1 Å². The SMILES string of the molecule is COc1cc(C(F)(F)F)cc(Cl)c1-c1ccc(Cl)c(C(=O)O)n1. The van der Waals surface area contributed by atoms with Crippen molar-refractivity contribution >= 4 is 29.2 Å². The molecule has 0 aliphatic rings. The molecular weight excluding hydrogens is 358 g/mol. The maximum absolute atomic E-state index is 12.8. The number of aromatic carboxylic acids is 1. The highest BCUT2D eigenvalue weighted by Gasteiger charge is 2.33. The van der Waals surface area contributed by atoms with Crippen molar-refractivity contribution in [3.05, 3.63) is 45.6 Å². The minimum atomic E-state index is -4.60. The molecule has 122 valence electrons. The molecule has 1 aromatic carbocycles. The summed E-state index contributed by atoms with van der Waals surface area (Å²) in [4.78, 5) is 14.9. The Bertz CT molecular complexity index is 779. The van der Waals surface area contributed by atoms with Crippen molar-refractivity contribution in [2.24, 2.45) is 0 Å². The summed E-state index contributed by atoms with van der Waals surface area (Å²) in [6.45, 7) is 0. The molecule has 0 radical (unpaired) electrons. The number of carboxylic acid groups (broad SMARTS) is 1. The Morgan fingerprint density at radius 1 is 1.22 bits per heavy atom. The summed E-state index contributed by atoms with van der Waals surface area (Å²) in [7, 11) is 1.17. The van der Waals surface area contributed by atoms with Crippen LogP contribution in [0, 0.1) is 0 Å². The van der Waals surface area contributed by atoms with E-state index in [9.17, 15) is 18.0 Å². The Kier molecular flexibility index (Phi) is 4.72. The summed E-state index contributed by atoms with van der Waals surface area (Å²) < 4.78 is 43.4. The summed E-state index contributed by atoms with van der Waals surface area (Å²) in [5.74, 6) is -1.56. The quantitative estimate of drug-likeness (QED) is 0.849. The van der Waals surface area contributed by atoms with Gasteiger partial charge < -0.3 is 9.84 Å². The molecule has 0 fully saturated rings. The Morgan fingerprint density at radius 3 is 2.39 bits per heavy atom. The Hall–Kier alpha value is -1.99. The monoisotopic (exact) mass is 365 g/mol. The Balaban J connectivity index is 2.69. The summed E-state index contributed by atoms with van der Waals surface area (Å²) in [6.07, 6.45) is -4.60. The van der Waals surface area contributed by atoms with Crippen molar-refractivity contribution in [1.29, 1.82) is 0 Å². The number of rotatable bonds is 3. The number of pyridine rings is 1. The number of nitrogens with zero attached hydrogens (tertiary/aromatic N) is 1. The van der Waals surface area contributed by atoms with Crippen molar-refractivity contribution < 1.29 is 27.8 Å². The van der Waals surface area contributed by atoms with Crippen molar-refractivity contribution in [2.45, 2.75) is 6.18 Å². The van der Waals surface area contributed by atoms with Gasteiger partial charge in [0.05, 0.1) is 34.0 Å². The number of benzene rings is 1. The molecule has 1 heterocycles. The maximum atomic E-state index is 12.8. The molecule has 0 bridgehead atoms. The Labute approximate surface area is 138 Å². The van der Waals surface area contributed by atoms with Crippen molar-refractivity contribution in [2.75, 3.05) is 7.11 Å². The number of halogens is 5. The standard InChI is InChI=1S/C14H8Cl2F3NO3/c1-23-10-5-6(14(17,18)19)4-8(16)11(10)9-3-2-7(15)12(20-9)13(21)22/h2-5H,1H3,(H,21,22). The third-order valence-electron chi connectivity index (χ3n) is 2.91. The van der Waals surface area contributed by atoms with E-state index in [1.165, 1.54) is 19.2 Å². The molecular formula is C14H8Cl2F3NO3. The topological polar surface area (TPSA) is 59.4 Å². The smallest absolute Gasteiger partial charge is 0.416 e. The van der Waals surface area contributed by atoms with E-state index in [0.29, 0.717) is 0 Å². The molecule has 2 aromatic rings. The molecule has 0 saturated heterocycles. The van der Waals surface area contributed by atoms with E-state index in [1.54, 1.807) is 0 Å². The zero-order chi connectivity index (χ0) is 17.4. The lowest BCUT2D eigenvalue weighted by molar-refractivity contribution is -0.137. The number of aromatic nitrogens is 1. The van der Waals surface area contributed by atoms with E-state index in [0.717, 1.165) is 12.1 Å². The van der Waals surface area contributed by atoms with Gasteiger partial charge in [0.15, 0.2) is 5.69 Å². The van der Waals surface area contributed by atoms with Crippen LogP contribution in [0.3, 0.4) is 0 Å². The number of hydrogen-bond donors (Lipinski definition) is 1. The average molecular weight is 366 g/mol. The third kappa shape index (κ3) is 3.51. The second-order valence-electron chi connectivity index (χ2n) is 4.37. The first-order chi connectivity index (χ1) is 10.6. The summed E-state index contributed by atoms with van der Waals surface area (Å²) in [5, 5.41) is 8.64. The predicted octanol–water partition coefficient (Wildman–Crippen LogP) is 4.78. The zero-order valence-corrected chi connectivity index (χ0v) is 12.9. The highest BCUT2D eigenvalue weighted by Crippen LogP contribution is 2.41. The van der Waals surface area contributed by atoms with Gasteiger partial charge in [-0.05, 0) is 24.3 Å². The first-order valence-corrected chi connectivity index (χ1v) is 6.75. The van der Waals surface area contributed by atoms with Gasteiger partial charge in [-0.3, -0.25) is 0 Å². The minimum absolute atomic E-state index is 0.0300. The molecule has 1 aromatic heterocycles. The van der Waals surface area contributed by atoms with E-state index in [4.69, 9.17) is 33.0 Å². The predicted molar refractivity (Wildman–Crippen MR) is 78.2 cm³/mol. The number of methoxy groups -OCH3 is 1. The van der Waals surface area contributed by atoms with E-state index in [1.807, 2.05) is 0 Å². The number of ether oxygens (including phenoxy) is 1. The lowest BCUT2D eigenvalue weighted by Gasteiger charge is -2.15. The Morgan fingerprint density at radius 2 is 1.87 bits per heavy atom. The van der Waals surface area contributed by atoms with Gasteiger partial charge in [-0.15, -0.1) is 0 Å². The van der Waals surface area contributed by atoms with Gasteiger partial charge in [-0.2, -0.15) is 13.2 Å². The van der Waals surface area contributed by atoms with Crippen LogP contribution < -0.4 is 4.74 Å². The maximum Gasteiger partial charge on any atom is 0.416 e. The molecule has 1 N–H and O–H groups in total. The van der Waals surface area contributed by atoms with E-state index < -0.39 is 23.4 Å². The lowest BCUT2D eigenvalue weighted by atomic mass is 10.1. The largest absolute Gasteiger partial charge is 0.496 e. The highest BCUT2D eigenvalue weighted by atomic mass is 35.5. The van der Waals surface area contributed by atoms with Crippen LogP contribution in [-0.2, 0) is 6.18 Å². The van der Waals surface area contributed by atoms with Crippen LogP contribution in [0.4, 0.5) is 13.2 Å². The number of hydrogen-bond acceptors (Lipinski definition) is 3. The second kappa shape index (κ2) is 6.25. The first kappa shape index (κ1) is 17.4. The molecule has 0 spiro atoms. The fourth-order valence-corrected chi connectivity index (χ4v) is 2.38. The molecule has 9 heteroatoms. The van der Waals surface area contributed by atoms with Gasteiger partial charge >= 0.3 is 12.1 Å². The normalized spacial score (nSPS) is 11.4. The molecule has 4 nitrogen and oxygen atoms in total. The summed E-state index contributed by atoms with van der Waals surface area (Å²) >= 11 is 11.6. The third-order valence-corrected chi connectivity index (χ3v) is 3.51. The second-order valence-corrected chi connectivity index (χ2v) is 5.18. The number of alkyl halides is 3. The molecule has 0 amide bonds. The molecule has 0 saturated carbocycles. The summed E-state index contributed by atoms with van der Waals surface area (Å²) in [5.41, 5.74) is -1.36. The van der Waals surface area contributed by atoms with Gasteiger partial charge in [-0.25, -0.2) is 9.78 Å². The molecule has 0 unspecified atom stereocenters. The van der Waals surface area contributed by atoms with Gasteiger partial charge in [0, 0.05) is 0 Å². The van der Waals surface area contributed by atoms with Crippen LogP contribution in [0.15, 0.2) is 24.3 Å². The fraction of sp³-hybridized carbons (Fsp3) is 0.143. The summed E-state index contributed by atoms with van der Waals surface area (Å²) in [6, 6.07) is 4.08. The minimum Gasteiger partial charge on any atom is -0.496 e. The van der Waals surface area contributed by atoms with E-state index in [-0.39, 0.29) is 27.1 Å². The van der Waals surface area contributed by atoms with Crippen molar-refractivity contribution in [1.82, 2.24) is 4.98 Å². The van der Waals surface area contributed by atoms with Crippen LogP contribution in [0.5, 0.6) is 5.75 Å². The molecule has 0 aliphatic heterocycles. The van der Waals surface area contributed by atoms with Gasteiger partial charge in [-0.1, -0.05) is 23.2 Å². The van der Waals surface area contributed by atoms with Gasteiger partial charge in [0.1, 0.15) is 5.75 Å². The van der Waals surface area contributed by atoms with Crippen LogP contribution in [-0.4, -0.2) is 23.2 Å². The first-order valence-electron chi connectivity index (χ1n) is 6.00. The van der Waals surface area contributed by atoms with Crippen LogP contribution >= 0.6 is 23.2 Å². The molecule has 2 rings (SSSR count). The molecule has 0 atom stereocenters. The number of carbonyl (C=O) groups is 1. The van der Waals surface area contributed by atoms with E-state index in [2.05, 4.69) is 4.98 Å². The van der Waals surface area contributed by atoms with Crippen LogP contribution in [0.25, 0.3) is 11.3 Å². The van der Waals surface area contributed by atoms with Gasteiger partial charge in [0.25, 0.3) is 0 Å².